The van der Waals surface area contributed by atoms with E-state index in [2.05, 4.69) is 71.9 Å². The lowest BCUT2D eigenvalue weighted by Gasteiger charge is -2.13. The summed E-state index contributed by atoms with van der Waals surface area (Å²) < 4.78 is 0. The first kappa shape index (κ1) is 19.2. The third-order valence-electron chi connectivity index (χ3n) is 4.31. The Kier molecular flexibility index (Phi) is 7.22. The van der Waals surface area contributed by atoms with Gasteiger partial charge in [0, 0.05) is 5.57 Å². The van der Waals surface area contributed by atoms with Crippen LogP contribution < -0.4 is 0 Å². The van der Waals surface area contributed by atoms with Gasteiger partial charge in [-0.1, -0.05) is 48.8 Å². The van der Waals surface area contributed by atoms with Crippen LogP contribution >= 0.6 is 0 Å². The molecule has 1 nitrogen and oxygen atoms in total. The maximum Gasteiger partial charge on any atom is 0.160 e. The maximum atomic E-state index is 12.3. The van der Waals surface area contributed by atoms with Crippen molar-refractivity contribution in [2.45, 2.75) is 61.3 Å². The summed E-state index contributed by atoms with van der Waals surface area (Å²) in [6, 6.07) is 6.29. The van der Waals surface area contributed by atoms with Gasteiger partial charge in [0.05, 0.1) is 0 Å². The van der Waals surface area contributed by atoms with E-state index in [0.29, 0.717) is 0 Å². The molecule has 0 spiro atoms. The zero-order valence-corrected chi connectivity index (χ0v) is 15.7. The Morgan fingerprint density at radius 2 is 1.78 bits per heavy atom. The van der Waals surface area contributed by atoms with Crippen LogP contribution in [0.4, 0.5) is 0 Å². The smallest absolute Gasteiger partial charge is 0.160 e. The Morgan fingerprint density at radius 3 is 2.30 bits per heavy atom. The summed E-state index contributed by atoms with van der Waals surface area (Å²) in [7, 11) is 0. The Balaban J connectivity index is 3.52. The molecule has 0 atom stereocenters. The number of ketones is 1. The highest BCUT2D eigenvalue weighted by Gasteiger charge is 2.12. The molecule has 0 bridgehead atoms. The number of carbonyl (C=O) groups excluding carboxylic acids is 1. The van der Waals surface area contributed by atoms with Crippen LogP contribution in [-0.4, -0.2) is 5.78 Å². The summed E-state index contributed by atoms with van der Waals surface area (Å²) in [5, 5.41) is 0. The molecule has 0 N–H and O–H groups in total. The van der Waals surface area contributed by atoms with E-state index < -0.39 is 0 Å². The van der Waals surface area contributed by atoms with Crippen molar-refractivity contribution in [1.29, 1.82) is 0 Å². The minimum Gasteiger partial charge on any atom is -0.294 e. The molecule has 0 saturated carbocycles. The van der Waals surface area contributed by atoms with Crippen LogP contribution in [0.5, 0.6) is 0 Å². The predicted molar refractivity (Wildman–Crippen MR) is 102 cm³/mol. The first-order chi connectivity index (χ1) is 10.8. The average molecular weight is 310 g/mol. The van der Waals surface area contributed by atoms with Gasteiger partial charge in [-0.3, -0.25) is 4.79 Å². The summed E-state index contributed by atoms with van der Waals surface area (Å²) in [4.78, 5) is 12.3. The topological polar surface area (TPSA) is 17.1 Å². The fraction of sp³-hybridized carbons (Fsp3) is 0.409. The Hall–Kier alpha value is -1.89. The van der Waals surface area contributed by atoms with Gasteiger partial charge in [-0.15, -0.1) is 0 Å². The van der Waals surface area contributed by atoms with E-state index in [-0.39, 0.29) is 5.78 Å². The molecule has 0 heterocycles. The van der Waals surface area contributed by atoms with E-state index in [4.69, 9.17) is 0 Å². The highest BCUT2D eigenvalue weighted by Crippen LogP contribution is 2.27. The van der Waals surface area contributed by atoms with Crippen LogP contribution in [0.2, 0.25) is 0 Å². The second-order valence-corrected chi connectivity index (χ2v) is 6.32. The normalized spacial score (nSPS) is 13.9. The standard InChI is InChI=1S/C22H30O/c1-8-10-20(16(4)9-2)18(6)14-22(19(7)23)21-13-15(3)11-12-17(21)5/h9,11-14H,8,10H2,1-7H3/b16-9-,20-18+,22-14+. The highest BCUT2D eigenvalue weighted by molar-refractivity contribution is 6.20. The summed E-state index contributed by atoms with van der Waals surface area (Å²) in [6.07, 6.45) is 6.36. The lowest BCUT2D eigenvalue weighted by Crippen LogP contribution is -2.00. The monoisotopic (exact) mass is 310 g/mol. The quantitative estimate of drug-likeness (QED) is 0.441. The Bertz CT molecular complexity index is 669. The van der Waals surface area contributed by atoms with Gasteiger partial charge < -0.3 is 0 Å². The number of allylic oxidation sites excluding steroid dienone is 6. The number of rotatable bonds is 6. The third-order valence-corrected chi connectivity index (χ3v) is 4.31. The van der Waals surface area contributed by atoms with Gasteiger partial charge >= 0.3 is 0 Å². The minimum absolute atomic E-state index is 0.118. The lowest BCUT2D eigenvalue weighted by atomic mass is 9.91. The number of carbonyl (C=O) groups is 1. The molecule has 1 aromatic carbocycles. The summed E-state index contributed by atoms with van der Waals surface area (Å²) in [6.45, 7) is 14.3. The van der Waals surface area contributed by atoms with Gasteiger partial charge in [-0.2, -0.15) is 0 Å². The molecule has 124 valence electrons. The number of Topliss-reactive ketones (excluding diaryl/α,β-unsaturated/α-hetero) is 1. The van der Waals surface area contributed by atoms with Crippen LogP contribution in [-0.2, 0) is 4.79 Å². The van der Waals surface area contributed by atoms with Crippen molar-refractivity contribution in [2.75, 3.05) is 0 Å². The van der Waals surface area contributed by atoms with Gasteiger partial charge in [0.2, 0.25) is 0 Å². The van der Waals surface area contributed by atoms with Gasteiger partial charge in [0.15, 0.2) is 5.78 Å². The van der Waals surface area contributed by atoms with Gasteiger partial charge in [0.1, 0.15) is 0 Å². The van der Waals surface area contributed by atoms with Crippen molar-refractivity contribution in [1.82, 2.24) is 0 Å². The second kappa shape index (κ2) is 8.67. The van der Waals surface area contributed by atoms with Crippen molar-refractivity contribution in [3.05, 3.63) is 63.8 Å². The molecule has 0 saturated heterocycles. The van der Waals surface area contributed by atoms with Gasteiger partial charge in [-0.05, 0) is 76.3 Å². The second-order valence-electron chi connectivity index (χ2n) is 6.32. The number of benzene rings is 1. The summed E-state index contributed by atoms with van der Waals surface area (Å²) in [5.74, 6) is 0.118. The predicted octanol–water partition coefficient (Wildman–Crippen LogP) is 6.36. The molecular weight excluding hydrogens is 280 g/mol. The van der Waals surface area contributed by atoms with Crippen LogP contribution in [0.15, 0.2) is 47.1 Å². The molecule has 0 aromatic heterocycles. The van der Waals surface area contributed by atoms with Gasteiger partial charge in [-0.25, -0.2) is 0 Å². The fourth-order valence-electron chi connectivity index (χ4n) is 2.83. The maximum absolute atomic E-state index is 12.3. The van der Waals surface area contributed by atoms with E-state index in [1.54, 1.807) is 6.92 Å². The van der Waals surface area contributed by atoms with E-state index in [0.717, 1.165) is 29.5 Å². The van der Waals surface area contributed by atoms with Crippen LogP contribution in [0.3, 0.4) is 0 Å². The molecule has 0 aliphatic heterocycles. The highest BCUT2D eigenvalue weighted by atomic mass is 16.1. The first-order valence-corrected chi connectivity index (χ1v) is 8.45. The first-order valence-electron chi connectivity index (χ1n) is 8.45. The molecule has 0 radical (unpaired) electrons. The fourth-order valence-corrected chi connectivity index (χ4v) is 2.83. The molecule has 1 heteroatoms. The minimum atomic E-state index is 0.118. The lowest BCUT2D eigenvalue weighted by molar-refractivity contribution is -0.111. The van der Waals surface area contributed by atoms with Gasteiger partial charge in [0.25, 0.3) is 0 Å². The molecule has 0 fully saturated rings. The number of hydrogen-bond acceptors (Lipinski definition) is 1. The van der Waals surface area contributed by atoms with E-state index in [1.807, 2.05) is 0 Å². The summed E-state index contributed by atoms with van der Waals surface area (Å²) >= 11 is 0. The zero-order valence-electron chi connectivity index (χ0n) is 15.7. The van der Waals surface area contributed by atoms with Crippen LogP contribution in [0.1, 0.15) is 64.2 Å². The number of hydrogen-bond donors (Lipinski definition) is 0. The van der Waals surface area contributed by atoms with Crippen LogP contribution in [0.25, 0.3) is 5.57 Å². The molecule has 23 heavy (non-hydrogen) atoms. The molecule has 0 aliphatic carbocycles. The largest absolute Gasteiger partial charge is 0.294 e. The van der Waals surface area contributed by atoms with Crippen molar-refractivity contribution in [3.8, 4) is 0 Å². The van der Waals surface area contributed by atoms with Crippen LogP contribution in [0, 0.1) is 13.8 Å². The molecule has 1 aromatic rings. The third kappa shape index (κ3) is 5.06. The van der Waals surface area contributed by atoms with E-state index in [1.165, 1.54) is 22.3 Å². The van der Waals surface area contributed by atoms with Crippen molar-refractivity contribution in [2.24, 2.45) is 0 Å². The van der Waals surface area contributed by atoms with E-state index in [9.17, 15) is 4.79 Å². The average Bonchev–Trinajstić information content (AvgIpc) is 2.51. The summed E-state index contributed by atoms with van der Waals surface area (Å²) in [5.41, 5.74) is 8.01. The molecular formula is C22H30O. The number of aryl methyl sites for hydroxylation is 2. The molecule has 0 aliphatic rings. The van der Waals surface area contributed by atoms with E-state index >= 15 is 0 Å². The molecule has 0 unspecified atom stereocenters. The van der Waals surface area contributed by atoms with Crippen molar-refractivity contribution < 1.29 is 4.79 Å². The van der Waals surface area contributed by atoms with Crippen molar-refractivity contribution in [3.63, 3.8) is 0 Å². The Morgan fingerprint density at radius 1 is 1.13 bits per heavy atom. The molecule has 1 rings (SSSR count). The Labute approximate surface area is 141 Å². The molecule has 0 amide bonds. The SMILES string of the molecule is C\C=C(C)/C(CCC)=C(C)/C=C(\C(C)=O)c1cc(C)ccc1C. The zero-order chi connectivity index (χ0) is 17.6. The van der Waals surface area contributed by atoms with Crippen molar-refractivity contribution >= 4 is 11.4 Å².